The summed E-state index contributed by atoms with van der Waals surface area (Å²) in [6, 6.07) is 4.96. The highest BCUT2D eigenvalue weighted by Crippen LogP contribution is 2.35. The second-order valence-corrected chi connectivity index (χ2v) is 4.96. The Bertz CT molecular complexity index is 575. The van der Waals surface area contributed by atoms with Gasteiger partial charge in [-0.25, -0.2) is 4.79 Å². The summed E-state index contributed by atoms with van der Waals surface area (Å²) >= 11 is 0. The Balaban J connectivity index is 1.75. The van der Waals surface area contributed by atoms with Crippen LogP contribution < -0.4 is 25.0 Å². The number of amides is 3. The fraction of sp³-hybridized carbons (Fsp3) is 0.429. The van der Waals surface area contributed by atoms with Crippen LogP contribution >= 0.6 is 0 Å². The minimum Gasteiger partial charge on any atom is -0.486 e. The van der Waals surface area contributed by atoms with Crippen LogP contribution in [0.25, 0.3) is 0 Å². The summed E-state index contributed by atoms with van der Waals surface area (Å²) in [7, 11) is 1.55. The molecule has 1 aromatic rings. The number of hydrogen-bond acceptors (Lipinski definition) is 4. The monoisotopic (exact) mass is 291 g/mol. The van der Waals surface area contributed by atoms with Crippen molar-refractivity contribution in [2.75, 3.05) is 31.7 Å². The van der Waals surface area contributed by atoms with Crippen LogP contribution in [0.15, 0.2) is 18.2 Å². The van der Waals surface area contributed by atoms with Crippen molar-refractivity contribution < 1.29 is 19.1 Å². The fourth-order valence-electron chi connectivity index (χ4n) is 2.51. The van der Waals surface area contributed by atoms with Crippen LogP contribution in [0, 0.1) is 0 Å². The van der Waals surface area contributed by atoms with Crippen LogP contribution in [0.2, 0.25) is 0 Å². The SMILES string of the molecule is CNC(=O)NC1CC(=O)N(c2ccc3c(c2)OCCO3)C1. The van der Waals surface area contributed by atoms with E-state index in [9.17, 15) is 9.59 Å². The van der Waals surface area contributed by atoms with Gasteiger partial charge in [-0.15, -0.1) is 0 Å². The van der Waals surface area contributed by atoms with Crippen molar-refractivity contribution in [3.63, 3.8) is 0 Å². The van der Waals surface area contributed by atoms with Gasteiger partial charge >= 0.3 is 6.03 Å². The summed E-state index contributed by atoms with van der Waals surface area (Å²) < 4.78 is 11.0. The molecule has 2 aliphatic heterocycles. The average molecular weight is 291 g/mol. The van der Waals surface area contributed by atoms with Crippen molar-refractivity contribution in [2.24, 2.45) is 0 Å². The molecule has 2 aliphatic rings. The first-order valence-electron chi connectivity index (χ1n) is 6.85. The molecular weight excluding hydrogens is 274 g/mol. The standard InChI is InChI=1S/C14H17N3O4/c1-15-14(19)16-9-6-13(18)17(8-9)10-2-3-11-12(7-10)21-5-4-20-11/h2-3,7,9H,4-6,8H2,1H3,(H2,15,16,19). The number of fused-ring (bicyclic) bond motifs is 1. The summed E-state index contributed by atoms with van der Waals surface area (Å²) in [5, 5.41) is 5.24. The topological polar surface area (TPSA) is 79.9 Å². The summed E-state index contributed by atoms with van der Waals surface area (Å²) in [5.74, 6) is 1.32. The lowest BCUT2D eigenvalue weighted by Gasteiger charge is -2.22. The zero-order valence-electron chi connectivity index (χ0n) is 11.7. The highest BCUT2D eigenvalue weighted by atomic mass is 16.6. The molecule has 21 heavy (non-hydrogen) atoms. The third-order valence-electron chi connectivity index (χ3n) is 3.52. The fourth-order valence-corrected chi connectivity index (χ4v) is 2.51. The van der Waals surface area contributed by atoms with E-state index >= 15 is 0 Å². The van der Waals surface area contributed by atoms with E-state index in [1.807, 2.05) is 6.07 Å². The first-order chi connectivity index (χ1) is 10.2. The largest absolute Gasteiger partial charge is 0.486 e. The number of carbonyl (C=O) groups is 2. The molecule has 3 rings (SSSR count). The molecule has 1 unspecified atom stereocenters. The first-order valence-corrected chi connectivity index (χ1v) is 6.85. The molecule has 0 aliphatic carbocycles. The van der Waals surface area contributed by atoms with E-state index in [0.717, 1.165) is 5.69 Å². The summed E-state index contributed by atoms with van der Waals surface area (Å²) in [4.78, 5) is 25.1. The van der Waals surface area contributed by atoms with Crippen LogP contribution in [0.3, 0.4) is 0 Å². The molecule has 112 valence electrons. The molecule has 1 atom stereocenters. The molecule has 3 amide bonds. The van der Waals surface area contributed by atoms with E-state index in [1.54, 1.807) is 24.1 Å². The zero-order valence-corrected chi connectivity index (χ0v) is 11.7. The smallest absolute Gasteiger partial charge is 0.314 e. The van der Waals surface area contributed by atoms with E-state index in [0.29, 0.717) is 37.7 Å². The maximum atomic E-state index is 12.1. The molecule has 0 aromatic heterocycles. The van der Waals surface area contributed by atoms with Gasteiger partial charge < -0.3 is 25.0 Å². The Morgan fingerprint density at radius 3 is 2.81 bits per heavy atom. The molecule has 0 spiro atoms. The molecule has 7 heteroatoms. The molecule has 0 bridgehead atoms. The summed E-state index contributed by atoms with van der Waals surface area (Å²) in [5.41, 5.74) is 0.755. The Morgan fingerprint density at radius 1 is 1.29 bits per heavy atom. The number of hydrogen-bond donors (Lipinski definition) is 2. The molecule has 1 fully saturated rings. The highest BCUT2D eigenvalue weighted by molar-refractivity contribution is 5.97. The van der Waals surface area contributed by atoms with E-state index in [-0.39, 0.29) is 18.0 Å². The van der Waals surface area contributed by atoms with Gasteiger partial charge in [-0.1, -0.05) is 0 Å². The van der Waals surface area contributed by atoms with E-state index < -0.39 is 0 Å². The van der Waals surface area contributed by atoms with Gasteiger partial charge in [0.1, 0.15) is 13.2 Å². The summed E-state index contributed by atoms with van der Waals surface area (Å²) in [6.07, 6.45) is 0.294. The number of benzene rings is 1. The molecule has 7 nitrogen and oxygen atoms in total. The number of nitrogens with one attached hydrogen (secondary N) is 2. The Labute approximate surface area is 122 Å². The number of carbonyl (C=O) groups excluding carboxylic acids is 2. The van der Waals surface area contributed by atoms with Gasteiger partial charge in [-0.05, 0) is 12.1 Å². The van der Waals surface area contributed by atoms with Crippen molar-refractivity contribution in [3.05, 3.63) is 18.2 Å². The molecule has 0 radical (unpaired) electrons. The predicted octanol–water partition coefficient (Wildman–Crippen LogP) is 0.492. The van der Waals surface area contributed by atoms with Gasteiger partial charge in [-0.2, -0.15) is 0 Å². The third kappa shape index (κ3) is 2.72. The van der Waals surface area contributed by atoms with Crippen LogP contribution in [0.4, 0.5) is 10.5 Å². The third-order valence-corrected chi connectivity index (χ3v) is 3.52. The quantitative estimate of drug-likeness (QED) is 0.831. The average Bonchev–Trinajstić information content (AvgIpc) is 2.87. The molecule has 2 heterocycles. The number of rotatable bonds is 2. The minimum atomic E-state index is -0.281. The maximum absolute atomic E-state index is 12.1. The van der Waals surface area contributed by atoms with E-state index in [4.69, 9.17) is 9.47 Å². The normalized spacial score (nSPS) is 20.3. The lowest BCUT2D eigenvalue weighted by molar-refractivity contribution is -0.117. The number of anilines is 1. The second kappa shape index (κ2) is 5.51. The second-order valence-electron chi connectivity index (χ2n) is 4.96. The van der Waals surface area contributed by atoms with Gasteiger partial charge in [0.2, 0.25) is 5.91 Å². The van der Waals surface area contributed by atoms with E-state index in [2.05, 4.69) is 10.6 Å². The molecular formula is C14H17N3O4. The Morgan fingerprint density at radius 2 is 2.05 bits per heavy atom. The summed E-state index contributed by atoms with van der Waals surface area (Å²) in [6.45, 7) is 1.49. The van der Waals surface area contributed by atoms with E-state index in [1.165, 1.54) is 0 Å². The highest BCUT2D eigenvalue weighted by Gasteiger charge is 2.32. The van der Waals surface area contributed by atoms with Crippen LogP contribution in [0.5, 0.6) is 11.5 Å². The van der Waals surface area contributed by atoms with Crippen molar-refractivity contribution in [2.45, 2.75) is 12.5 Å². The van der Waals surface area contributed by atoms with Crippen molar-refractivity contribution in [3.8, 4) is 11.5 Å². The minimum absolute atomic E-state index is 0.0203. The molecule has 1 saturated heterocycles. The lowest BCUT2D eigenvalue weighted by Crippen LogP contribution is -2.41. The maximum Gasteiger partial charge on any atom is 0.314 e. The number of nitrogens with zero attached hydrogens (tertiary/aromatic N) is 1. The van der Waals surface area contributed by atoms with Gasteiger partial charge in [0.15, 0.2) is 11.5 Å². The molecule has 0 saturated carbocycles. The van der Waals surface area contributed by atoms with Crippen LogP contribution in [-0.2, 0) is 4.79 Å². The van der Waals surface area contributed by atoms with Crippen molar-refractivity contribution >= 4 is 17.6 Å². The zero-order chi connectivity index (χ0) is 14.8. The van der Waals surface area contributed by atoms with Gasteiger partial charge in [-0.3, -0.25) is 4.79 Å². The Hall–Kier alpha value is -2.44. The number of urea groups is 1. The van der Waals surface area contributed by atoms with Crippen LogP contribution in [-0.4, -0.2) is 44.8 Å². The van der Waals surface area contributed by atoms with Gasteiger partial charge in [0, 0.05) is 31.8 Å². The van der Waals surface area contributed by atoms with Gasteiger partial charge in [0.05, 0.1) is 6.04 Å². The van der Waals surface area contributed by atoms with Crippen molar-refractivity contribution in [1.82, 2.24) is 10.6 Å². The predicted molar refractivity (Wildman–Crippen MR) is 75.8 cm³/mol. The number of ether oxygens (including phenoxy) is 2. The van der Waals surface area contributed by atoms with Gasteiger partial charge in [0.25, 0.3) is 0 Å². The lowest BCUT2D eigenvalue weighted by atomic mass is 10.2. The first kappa shape index (κ1) is 13.5. The van der Waals surface area contributed by atoms with Crippen molar-refractivity contribution in [1.29, 1.82) is 0 Å². The van der Waals surface area contributed by atoms with Crippen LogP contribution in [0.1, 0.15) is 6.42 Å². The molecule has 1 aromatic carbocycles. The Kier molecular flexibility index (Phi) is 3.55. The molecule has 2 N–H and O–H groups in total.